The van der Waals surface area contributed by atoms with Gasteiger partial charge in [-0.25, -0.2) is 0 Å². The zero-order valence-corrected chi connectivity index (χ0v) is 10.4. The van der Waals surface area contributed by atoms with E-state index in [4.69, 9.17) is 28.5 Å². The highest BCUT2D eigenvalue weighted by molar-refractivity contribution is 6.42. The molecule has 0 saturated heterocycles. The Balaban J connectivity index is 2.00. The number of carbonyl (C=O) groups excluding carboxylic acids is 1. The molecule has 0 heterocycles. The van der Waals surface area contributed by atoms with Crippen LogP contribution in [0.2, 0.25) is 10.0 Å². The Morgan fingerprint density at radius 3 is 2.88 bits per heavy atom. The lowest BCUT2D eigenvalue weighted by Gasteiger charge is -2.03. The lowest BCUT2D eigenvalue weighted by molar-refractivity contribution is -0.122. The number of hydrogen-bond acceptors (Lipinski definition) is 2. The highest BCUT2D eigenvalue weighted by Gasteiger charge is 2.43. The summed E-state index contributed by atoms with van der Waals surface area (Å²) in [6, 6.07) is 7.30. The average molecular weight is 269 g/mol. The second kappa shape index (κ2) is 4.95. The van der Waals surface area contributed by atoms with Crippen molar-refractivity contribution in [2.45, 2.75) is 12.3 Å². The molecule has 88 valence electrons. The zero-order chi connectivity index (χ0) is 12.4. The standard InChI is InChI=1S/C12H10Cl2N2O/c13-10-2-1-7(5-11(10)14)8-6-9(8)12(17)16-4-3-15/h1-2,5,8-9H,4,6H2,(H,16,17)/t8-,9-/m0/s1. The van der Waals surface area contributed by atoms with Gasteiger partial charge in [0.1, 0.15) is 6.54 Å². The van der Waals surface area contributed by atoms with Crippen molar-refractivity contribution in [3.05, 3.63) is 33.8 Å². The molecule has 1 fully saturated rings. The second-order valence-electron chi connectivity index (χ2n) is 4.00. The summed E-state index contributed by atoms with van der Waals surface area (Å²) in [5.41, 5.74) is 1.02. The number of nitriles is 1. The molecule has 0 bridgehead atoms. The van der Waals surface area contributed by atoms with E-state index in [9.17, 15) is 4.79 Å². The molecule has 1 amide bonds. The molecule has 2 atom stereocenters. The van der Waals surface area contributed by atoms with Gasteiger partial charge in [0.2, 0.25) is 5.91 Å². The van der Waals surface area contributed by atoms with E-state index in [1.165, 1.54) is 0 Å². The van der Waals surface area contributed by atoms with E-state index in [0.717, 1.165) is 12.0 Å². The van der Waals surface area contributed by atoms with Gasteiger partial charge in [0.05, 0.1) is 16.1 Å². The molecule has 0 aromatic heterocycles. The molecular weight excluding hydrogens is 259 g/mol. The van der Waals surface area contributed by atoms with Crippen LogP contribution in [-0.4, -0.2) is 12.5 Å². The average Bonchev–Trinajstić information content (AvgIpc) is 3.09. The summed E-state index contributed by atoms with van der Waals surface area (Å²) >= 11 is 11.7. The SMILES string of the molecule is N#CCNC(=O)[C@H]1C[C@H]1c1ccc(Cl)c(Cl)c1. The molecule has 1 aromatic carbocycles. The monoisotopic (exact) mass is 268 g/mol. The van der Waals surface area contributed by atoms with Gasteiger partial charge in [-0.05, 0) is 30.0 Å². The molecule has 1 saturated carbocycles. The normalized spacial score (nSPS) is 21.7. The van der Waals surface area contributed by atoms with Crippen LogP contribution >= 0.6 is 23.2 Å². The minimum Gasteiger partial charge on any atom is -0.343 e. The maximum Gasteiger partial charge on any atom is 0.224 e. The topological polar surface area (TPSA) is 52.9 Å². The van der Waals surface area contributed by atoms with Crippen LogP contribution in [0.15, 0.2) is 18.2 Å². The number of rotatable bonds is 3. The van der Waals surface area contributed by atoms with E-state index in [-0.39, 0.29) is 24.3 Å². The van der Waals surface area contributed by atoms with Crippen molar-refractivity contribution in [1.29, 1.82) is 5.26 Å². The van der Waals surface area contributed by atoms with E-state index >= 15 is 0 Å². The quantitative estimate of drug-likeness (QED) is 0.858. The first-order valence-electron chi connectivity index (χ1n) is 5.23. The highest BCUT2D eigenvalue weighted by atomic mass is 35.5. The molecule has 0 radical (unpaired) electrons. The Labute approximate surface area is 109 Å². The largest absolute Gasteiger partial charge is 0.343 e. The maximum absolute atomic E-state index is 11.6. The molecule has 0 unspecified atom stereocenters. The van der Waals surface area contributed by atoms with E-state index < -0.39 is 0 Å². The molecule has 1 aliphatic carbocycles. The van der Waals surface area contributed by atoms with E-state index in [1.54, 1.807) is 12.1 Å². The van der Waals surface area contributed by atoms with Gasteiger partial charge in [0.25, 0.3) is 0 Å². The number of hydrogen-bond donors (Lipinski definition) is 1. The first kappa shape index (κ1) is 12.2. The molecule has 1 aliphatic rings. The van der Waals surface area contributed by atoms with Crippen LogP contribution in [-0.2, 0) is 4.79 Å². The van der Waals surface area contributed by atoms with E-state index in [1.807, 2.05) is 12.1 Å². The van der Waals surface area contributed by atoms with Gasteiger partial charge in [0.15, 0.2) is 0 Å². The third-order valence-corrected chi connectivity index (χ3v) is 3.58. The van der Waals surface area contributed by atoms with Crippen molar-refractivity contribution in [2.75, 3.05) is 6.54 Å². The molecule has 17 heavy (non-hydrogen) atoms. The van der Waals surface area contributed by atoms with Crippen LogP contribution in [0.5, 0.6) is 0 Å². The van der Waals surface area contributed by atoms with Gasteiger partial charge < -0.3 is 5.32 Å². The van der Waals surface area contributed by atoms with Crippen LogP contribution in [0.1, 0.15) is 17.9 Å². The summed E-state index contributed by atoms with van der Waals surface area (Å²) in [7, 11) is 0. The Morgan fingerprint density at radius 1 is 1.47 bits per heavy atom. The van der Waals surface area contributed by atoms with Gasteiger partial charge in [-0.1, -0.05) is 29.3 Å². The van der Waals surface area contributed by atoms with Crippen molar-refractivity contribution in [1.82, 2.24) is 5.32 Å². The van der Waals surface area contributed by atoms with Crippen LogP contribution < -0.4 is 5.32 Å². The summed E-state index contributed by atoms with van der Waals surface area (Å²) < 4.78 is 0. The lowest BCUT2D eigenvalue weighted by atomic mass is 10.1. The fourth-order valence-corrected chi connectivity index (χ4v) is 2.16. The summed E-state index contributed by atoms with van der Waals surface area (Å²) in [5.74, 6) is 0.0895. The summed E-state index contributed by atoms with van der Waals surface area (Å²) in [5, 5.41) is 12.0. The molecule has 2 rings (SSSR count). The molecule has 1 N–H and O–H groups in total. The Hall–Kier alpha value is -1.24. The molecule has 5 heteroatoms. The fourth-order valence-electron chi connectivity index (χ4n) is 1.85. The predicted molar refractivity (Wildman–Crippen MR) is 65.9 cm³/mol. The van der Waals surface area contributed by atoms with Gasteiger partial charge in [0, 0.05) is 5.92 Å². The summed E-state index contributed by atoms with van der Waals surface area (Å²) in [6.07, 6.45) is 0.801. The Kier molecular flexibility index (Phi) is 3.56. The molecule has 1 aromatic rings. The van der Waals surface area contributed by atoms with Gasteiger partial charge in [-0.3, -0.25) is 4.79 Å². The molecule has 0 aliphatic heterocycles. The van der Waals surface area contributed by atoms with Crippen LogP contribution in [0.25, 0.3) is 0 Å². The van der Waals surface area contributed by atoms with Crippen LogP contribution in [0, 0.1) is 17.2 Å². The molecule has 3 nitrogen and oxygen atoms in total. The zero-order valence-electron chi connectivity index (χ0n) is 8.91. The van der Waals surface area contributed by atoms with Crippen molar-refractivity contribution in [2.24, 2.45) is 5.92 Å². The van der Waals surface area contributed by atoms with Crippen molar-refractivity contribution < 1.29 is 4.79 Å². The van der Waals surface area contributed by atoms with E-state index in [2.05, 4.69) is 5.32 Å². The first-order valence-corrected chi connectivity index (χ1v) is 5.98. The summed E-state index contributed by atoms with van der Waals surface area (Å²) in [4.78, 5) is 11.6. The number of carbonyl (C=O) groups is 1. The maximum atomic E-state index is 11.6. The van der Waals surface area contributed by atoms with Gasteiger partial charge in [-0.2, -0.15) is 5.26 Å². The Bertz CT molecular complexity index is 496. The minimum absolute atomic E-state index is 0.0411. The van der Waals surface area contributed by atoms with Crippen LogP contribution in [0.3, 0.4) is 0 Å². The van der Waals surface area contributed by atoms with Crippen molar-refractivity contribution in [3.8, 4) is 6.07 Å². The van der Waals surface area contributed by atoms with Crippen molar-refractivity contribution in [3.63, 3.8) is 0 Å². The van der Waals surface area contributed by atoms with Gasteiger partial charge >= 0.3 is 0 Å². The van der Waals surface area contributed by atoms with Crippen LogP contribution in [0.4, 0.5) is 0 Å². The lowest BCUT2D eigenvalue weighted by Crippen LogP contribution is -2.25. The number of nitrogens with zero attached hydrogens (tertiary/aromatic N) is 1. The third-order valence-electron chi connectivity index (χ3n) is 2.84. The number of amides is 1. The highest BCUT2D eigenvalue weighted by Crippen LogP contribution is 2.48. The number of halogens is 2. The molecule has 0 spiro atoms. The summed E-state index contributed by atoms with van der Waals surface area (Å²) in [6.45, 7) is 0.0590. The van der Waals surface area contributed by atoms with Crippen molar-refractivity contribution >= 4 is 29.1 Å². The van der Waals surface area contributed by atoms with E-state index in [0.29, 0.717) is 10.0 Å². The predicted octanol–water partition coefficient (Wildman–Crippen LogP) is 2.74. The first-order chi connectivity index (χ1) is 8.13. The Morgan fingerprint density at radius 2 is 2.24 bits per heavy atom. The van der Waals surface area contributed by atoms with Gasteiger partial charge in [-0.15, -0.1) is 0 Å². The third kappa shape index (κ3) is 2.71. The fraction of sp³-hybridized carbons (Fsp3) is 0.333. The smallest absolute Gasteiger partial charge is 0.224 e. The molecular formula is C12H10Cl2N2O. The second-order valence-corrected chi connectivity index (χ2v) is 4.81. The number of nitrogens with one attached hydrogen (secondary N) is 1. The number of benzene rings is 1. The minimum atomic E-state index is -0.0670.